The lowest BCUT2D eigenvalue weighted by Crippen LogP contribution is -2.18. The van der Waals surface area contributed by atoms with Crippen LogP contribution in [0.1, 0.15) is 26.2 Å². The van der Waals surface area contributed by atoms with Gasteiger partial charge in [0, 0.05) is 4.90 Å². The Labute approximate surface area is 106 Å². The van der Waals surface area contributed by atoms with Crippen molar-refractivity contribution in [1.82, 2.24) is 0 Å². The van der Waals surface area contributed by atoms with Crippen molar-refractivity contribution in [2.24, 2.45) is 0 Å². The number of carbonyl (C=O) groups excluding carboxylic acids is 1. The predicted molar refractivity (Wildman–Crippen MR) is 67.6 cm³/mol. The molecule has 0 spiro atoms. The Balaban J connectivity index is 2.72. The van der Waals surface area contributed by atoms with Crippen LogP contribution < -0.4 is 0 Å². The highest BCUT2D eigenvalue weighted by Gasteiger charge is 2.21. The second-order valence-electron chi connectivity index (χ2n) is 3.70. The standard InChI is InChI=1S/C13H17FO2S/c1-3-4-8-12(13(15)16-2)17-11-9-6-5-7-10(11)14/h5-7,9,12H,3-4,8H2,1-2H3. The molecule has 0 radical (unpaired) electrons. The van der Waals surface area contributed by atoms with Crippen molar-refractivity contribution >= 4 is 17.7 Å². The molecule has 1 atom stereocenters. The molecule has 1 aromatic carbocycles. The van der Waals surface area contributed by atoms with Crippen LogP contribution in [-0.2, 0) is 9.53 Å². The van der Waals surface area contributed by atoms with Gasteiger partial charge < -0.3 is 4.74 Å². The third-order valence-corrected chi connectivity index (χ3v) is 3.69. The average Bonchev–Trinajstić information content (AvgIpc) is 2.35. The predicted octanol–water partition coefficient (Wildman–Crippen LogP) is 3.65. The van der Waals surface area contributed by atoms with Crippen LogP contribution in [0, 0.1) is 5.82 Å². The maximum atomic E-state index is 13.5. The highest BCUT2D eigenvalue weighted by Crippen LogP contribution is 2.29. The number of hydrogen-bond acceptors (Lipinski definition) is 3. The molecule has 0 N–H and O–H groups in total. The lowest BCUT2D eigenvalue weighted by molar-refractivity contribution is -0.140. The van der Waals surface area contributed by atoms with Crippen LogP contribution in [0.4, 0.5) is 4.39 Å². The number of methoxy groups -OCH3 is 1. The molecule has 17 heavy (non-hydrogen) atoms. The number of hydrogen-bond donors (Lipinski definition) is 0. The highest BCUT2D eigenvalue weighted by atomic mass is 32.2. The van der Waals surface area contributed by atoms with E-state index < -0.39 is 0 Å². The van der Waals surface area contributed by atoms with Gasteiger partial charge in [-0.25, -0.2) is 4.39 Å². The van der Waals surface area contributed by atoms with E-state index in [0.29, 0.717) is 11.3 Å². The average molecular weight is 256 g/mol. The first kappa shape index (κ1) is 14.0. The Kier molecular flexibility index (Phi) is 6.05. The number of thioether (sulfide) groups is 1. The summed E-state index contributed by atoms with van der Waals surface area (Å²) in [5.74, 6) is -0.574. The Morgan fingerprint density at radius 3 is 2.76 bits per heavy atom. The van der Waals surface area contributed by atoms with Gasteiger partial charge in [0.2, 0.25) is 0 Å². The molecule has 0 aliphatic carbocycles. The van der Waals surface area contributed by atoms with Crippen molar-refractivity contribution in [3.05, 3.63) is 30.1 Å². The Bertz CT molecular complexity index is 368. The smallest absolute Gasteiger partial charge is 0.319 e. The van der Waals surface area contributed by atoms with Crippen LogP contribution in [0.5, 0.6) is 0 Å². The lowest BCUT2D eigenvalue weighted by Gasteiger charge is -2.14. The second kappa shape index (κ2) is 7.33. The van der Waals surface area contributed by atoms with E-state index in [2.05, 4.69) is 6.92 Å². The summed E-state index contributed by atoms with van der Waals surface area (Å²) in [6, 6.07) is 6.48. The first-order valence-electron chi connectivity index (χ1n) is 5.68. The van der Waals surface area contributed by atoms with Crippen LogP contribution in [0.3, 0.4) is 0 Å². The summed E-state index contributed by atoms with van der Waals surface area (Å²) in [5.41, 5.74) is 0. The van der Waals surface area contributed by atoms with Crippen molar-refractivity contribution in [3.63, 3.8) is 0 Å². The molecule has 0 heterocycles. The maximum Gasteiger partial charge on any atom is 0.319 e. The first-order valence-corrected chi connectivity index (χ1v) is 6.56. The zero-order valence-electron chi connectivity index (χ0n) is 10.1. The van der Waals surface area contributed by atoms with Crippen molar-refractivity contribution in [2.45, 2.75) is 36.3 Å². The van der Waals surface area contributed by atoms with Gasteiger partial charge in [-0.2, -0.15) is 0 Å². The van der Waals surface area contributed by atoms with Crippen LogP contribution in [0.15, 0.2) is 29.2 Å². The van der Waals surface area contributed by atoms with E-state index in [9.17, 15) is 9.18 Å². The van der Waals surface area contributed by atoms with Gasteiger partial charge in [0.1, 0.15) is 11.1 Å². The molecule has 0 aliphatic heterocycles. The number of rotatable bonds is 6. The van der Waals surface area contributed by atoms with Crippen LogP contribution in [0.2, 0.25) is 0 Å². The summed E-state index contributed by atoms with van der Waals surface area (Å²) in [6.45, 7) is 2.06. The minimum absolute atomic E-state index is 0.285. The number of halogens is 1. The van der Waals surface area contributed by atoms with Gasteiger partial charge in [-0.1, -0.05) is 31.9 Å². The van der Waals surface area contributed by atoms with Crippen molar-refractivity contribution in [2.75, 3.05) is 7.11 Å². The van der Waals surface area contributed by atoms with Crippen molar-refractivity contribution in [3.8, 4) is 0 Å². The summed E-state index contributed by atoms with van der Waals surface area (Å²) in [5, 5.41) is -0.322. The lowest BCUT2D eigenvalue weighted by atomic mass is 10.2. The largest absolute Gasteiger partial charge is 0.468 e. The highest BCUT2D eigenvalue weighted by molar-refractivity contribution is 8.00. The summed E-state index contributed by atoms with van der Waals surface area (Å²) in [6.07, 6.45) is 2.65. The third-order valence-electron chi connectivity index (χ3n) is 2.39. The molecule has 0 fully saturated rings. The molecule has 4 heteroatoms. The Morgan fingerprint density at radius 1 is 1.47 bits per heavy atom. The van der Waals surface area contributed by atoms with Gasteiger partial charge in [0.15, 0.2) is 0 Å². The van der Waals surface area contributed by atoms with E-state index in [1.165, 1.54) is 24.9 Å². The van der Waals surface area contributed by atoms with Crippen LogP contribution in [0.25, 0.3) is 0 Å². The molecule has 1 unspecified atom stereocenters. The van der Waals surface area contributed by atoms with E-state index in [4.69, 9.17) is 4.74 Å². The number of carbonyl (C=O) groups is 1. The van der Waals surface area contributed by atoms with Crippen LogP contribution in [-0.4, -0.2) is 18.3 Å². The molecule has 0 aliphatic rings. The molecule has 0 aromatic heterocycles. The fourth-order valence-corrected chi connectivity index (χ4v) is 2.56. The Morgan fingerprint density at radius 2 is 2.18 bits per heavy atom. The van der Waals surface area contributed by atoms with Gasteiger partial charge in [-0.3, -0.25) is 4.79 Å². The quantitative estimate of drug-likeness (QED) is 0.574. The van der Waals surface area contributed by atoms with Crippen molar-refractivity contribution < 1.29 is 13.9 Å². The van der Waals surface area contributed by atoms with E-state index in [-0.39, 0.29) is 17.0 Å². The number of unbranched alkanes of at least 4 members (excludes halogenated alkanes) is 1. The topological polar surface area (TPSA) is 26.3 Å². The fraction of sp³-hybridized carbons (Fsp3) is 0.462. The monoisotopic (exact) mass is 256 g/mol. The van der Waals surface area contributed by atoms with E-state index in [1.54, 1.807) is 18.2 Å². The molecule has 0 bridgehead atoms. The zero-order valence-corrected chi connectivity index (χ0v) is 10.9. The van der Waals surface area contributed by atoms with Gasteiger partial charge >= 0.3 is 5.97 Å². The SMILES string of the molecule is CCCCC(Sc1ccccc1F)C(=O)OC. The van der Waals surface area contributed by atoms with Crippen LogP contribution >= 0.6 is 11.8 Å². The summed E-state index contributed by atoms with van der Waals surface area (Å²) >= 11 is 1.24. The fourth-order valence-electron chi connectivity index (χ4n) is 1.44. The molecule has 0 amide bonds. The molecule has 1 rings (SSSR count). The molecule has 0 saturated heterocycles. The normalized spacial score (nSPS) is 12.2. The van der Waals surface area contributed by atoms with E-state index >= 15 is 0 Å². The summed E-state index contributed by atoms with van der Waals surface area (Å²) in [7, 11) is 1.36. The molecular formula is C13H17FO2S. The molecule has 94 valence electrons. The van der Waals surface area contributed by atoms with E-state index in [0.717, 1.165) is 12.8 Å². The molecule has 0 saturated carbocycles. The summed E-state index contributed by atoms with van der Waals surface area (Å²) in [4.78, 5) is 12.1. The number of esters is 1. The van der Waals surface area contributed by atoms with Gasteiger partial charge in [0.25, 0.3) is 0 Å². The number of benzene rings is 1. The second-order valence-corrected chi connectivity index (χ2v) is 4.95. The van der Waals surface area contributed by atoms with Crippen molar-refractivity contribution in [1.29, 1.82) is 0 Å². The third kappa shape index (κ3) is 4.38. The minimum Gasteiger partial charge on any atom is -0.468 e. The summed E-state index contributed by atoms with van der Waals surface area (Å²) < 4.78 is 18.2. The number of ether oxygens (including phenoxy) is 1. The molecule has 2 nitrogen and oxygen atoms in total. The molecular weight excluding hydrogens is 239 g/mol. The zero-order chi connectivity index (χ0) is 12.7. The Hall–Kier alpha value is -1.03. The molecule has 1 aromatic rings. The first-order chi connectivity index (χ1) is 8.19. The minimum atomic E-state index is -0.322. The van der Waals surface area contributed by atoms with Gasteiger partial charge in [-0.05, 0) is 18.6 Å². The van der Waals surface area contributed by atoms with Gasteiger partial charge in [-0.15, -0.1) is 11.8 Å². The van der Waals surface area contributed by atoms with Gasteiger partial charge in [0.05, 0.1) is 7.11 Å². The maximum absolute atomic E-state index is 13.5. The van der Waals surface area contributed by atoms with E-state index in [1.807, 2.05) is 0 Å².